The topological polar surface area (TPSA) is 75.5 Å². The minimum absolute atomic E-state index is 0.0204. The van der Waals surface area contributed by atoms with Crippen molar-refractivity contribution < 1.29 is 9.72 Å². The number of carbonyl (C=O) groups excluding carboxylic acids is 1. The number of carbonyl (C=O) groups is 1. The van der Waals surface area contributed by atoms with Gasteiger partial charge in [-0.25, -0.2) is 0 Å². The van der Waals surface area contributed by atoms with Crippen molar-refractivity contribution in [2.45, 2.75) is 25.8 Å². The van der Waals surface area contributed by atoms with Gasteiger partial charge >= 0.3 is 0 Å². The highest BCUT2D eigenvalue weighted by atomic mass is 35.5. The molecule has 6 nitrogen and oxygen atoms in total. The van der Waals surface area contributed by atoms with Gasteiger partial charge in [0.2, 0.25) is 5.91 Å². The predicted molar refractivity (Wildman–Crippen MR) is 80.2 cm³/mol. The zero-order valence-corrected chi connectivity index (χ0v) is 12.4. The average molecular weight is 312 g/mol. The minimum atomic E-state index is -0.474. The number of nitro benzene ring substituents is 1. The first-order valence-electron chi connectivity index (χ1n) is 6.99. The second-order valence-corrected chi connectivity index (χ2v) is 5.45. The zero-order chi connectivity index (χ0) is 15.2. The quantitative estimate of drug-likeness (QED) is 0.497. The number of benzene rings is 1. The first-order chi connectivity index (χ1) is 10.1. The van der Waals surface area contributed by atoms with Crippen molar-refractivity contribution in [2.75, 3.05) is 19.6 Å². The van der Waals surface area contributed by atoms with Crippen LogP contribution in [0.4, 0.5) is 5.69 Å². The van der Waals surface area contributed by atoms with E-state index in [-0.39, 0.29) is 11.6 Å². The van der Waals surface area contributed by atoms with Gasteiger partial charge in [-0.2, -0.15) is 0 Å². The van der Waals surface area contributed by atoms with Gasteiger partial charge in [-0.3, -0.25) is 14.9 Å². The third-order valence-corrected chi connectivity index (χ3v) is 3.89. The number of halogens is 1. The molecule has 0 atom stereocenters. The molecule has 21 heavy (non-hydrogen) atoms. The van der Waals surface area contributed by atoms with Gasteiger partial charge in [0.25, 0.3) is 5.69 Å². The van der Waals surface area contributed by atoms with Crippen LogP contribution in [0.2, 0.25) is 5.02 Å². The molecular formula is C14H18ClN3O3. The van der Waals surface area contributed by atoms with Crippen molar-refractivity contribution in [3.63, 3.8) is 0 Å². The van der Waals surface area contributed by atoms with E-state index >= 15 is 0 Å². The monoisotopic (exact) mass is 311 g/mol. The van der Waals surface area contributed by atoms with E-state index in [1.165, 1.54) is 12.1 Å². The Morgan fingerprint density at radius 1 is 1.38 bits per heavy atom. The lowest BCUT2D eigenvalue weighted by molar-refractivity contribution is -0.384. The SMILES string of the molecule is O=C(CCNCc1ccc([N+](=O)[O-])cc1Cl)N1CCCC1. The van der Waals surface area contributed by atoms with Crippen molar-refractivity contribution in [1.29, 1.82) is 0 Å². The fourth-order valence-corrected chi connectivity index (χ4v) is 2.58. The largest absolute Gasteiger partial charge is 0.343 e. The second kappa shape index (κ2) is 7.38. The normalized spacial score (nSPS) is 14.4. The Bertz CT molecular complexity index is 530. The Balaban J connectivity index is 1.75. The number of amides is 1. The van der Waals surface area contributed by atoms with Gasteiger partial charge in [0.1, 0.15) is 0 Å². The van der Waals surface area contributed by atoms with Crippen LogP contribution in [-0.2, 0) is 11.3 Å². The molecule has 1 amide bonds. The number of nitro groups is 1. The van der Waals surface area contributed by atoms with Gasteiger partial charge < -0.3 is 10.2 Å². The Labute approximate surface area is 128 Å². The number of nitrogens with zero attached hydrogens (tertiary/aromatic N) is 2. The third-order valence-electron chi connectivity index (χ3n) is 3.54. The molecule has 2 rings (SSSR count). The third kappa shape index (κ3) is 4.41. The summed E-state index contributed by atoms with van der Waals surface area (Å²) >= 11 is 6.00. The van der Waals surface area contributed by atoms with Crippen LogP contribution in [0.15, 0.2) is 18.2 Å². The van der Waals surface area contributed by atoms with Crippen molar-refractivity contribution in [3.8, 4) is 0 Å². The Kier molecular flexibility index (Phi) is 5.52. The molecule has 1 aromatic rings. The van der Waals surface area contributed by atoms with Crippen molar-refractivity contribution in [1.82, 2.24) is 10.2 Å². The molecule has 1 aliphatic heterocycles. The summed E-state index contributed by atoms with van der Waals surface area (Å²) in [4.78, 5) is 23.9. The van der Waals surface area contributed by atoms with Crippen LogP contribution < -0.4 is 5.32 Å². The lowest BCUT2D eigenvalue weighted by Crippen LogP contribution is -2.30. The number of non-ortho nitro benzene ring substituents is 1. The number of likely N-dealkylation sites (tertiary alicyclic amines) is 1. The molecule has 1 saturated heterocycles. The molecule has 1 aliphatic rings. The van der Waals surface area contributed by atoms with Crippen molar-refractivity contribution in [2.24, 2.45) is 0 Å². The van der Waals surface area contributed by atoms with Crippen LogP contribution in [0.25, 0.3) is 0 Å². The van der Waals surface area contributed by atoms with Crippen LogP contribution in [0, 0.1) is 10.1 Å². The fourth-order valence-electron chi connectivity index (χ4n) is 2.34. The van der Waals surface area contributed by atoms with Crippen LogP contribution in [-0.4, -0.2) is 35.4 Å². The highest BCUT2D eigenvalue weighted by molar-refractivity contribution is 6.31. The maximum Gasteiger partial charge on any atom is 0.270 e. The predicted octanol–water partition coefficient (Wildman–Crippen LogP) is 2.35. The lowest BCUT2D eigenvalue weighted by Gasteiger charge is -2.15. The standard InChI is InChI=1S/C14H18ClN3O3/c15-13-9-12(18(20)21)4-3-11(13)10-16-6-5-14(19)17-7-1-2-8-17/h3-4,9,16H,1-2,5-8,10H2. The van der Waals surface area contributed by atoms with E-state index in [0.717, 1.165) is 31.5 Å². The van der Waals surface area contributed by atoms with Crippen LogP contribution in [0.5, 0.6) is 0 Å². The molecular weight excluding hydrogens is 294 g/mol. The number of nitrogens with one attached hydrogen (secondary N) is 1. The maximum atomic E-state index is 11.8. The van der Waals surface area contributed by atoms with E-state index in [1.54, 1.807) is 6.07 Å². The lowest BCUT2D eigenvalue weighted by atomic mass is 10.2. The van der Waals surface area contributed by atoms with E-state index in [4.69, 9.17) is 11.6 Å². The van der Waals surface area contributed by atoms with E-state index in [1.807, 2.05) is 4.90 Å². The summed E-state index contributed by atoms with van der Waals surface area (Å²) in [7, 11) is 0. The molecule has 1 N–H and O–H groups in total. The average Bonchev–Trinajstić information content (AvgIpc) is 2.98. The second-order valence-electron chi connectivity index (χ2n) is 5.05. The minimum Gasteiger partial charge on any atom is -0.343 e. The fraction of sp³-hybridized carbons (Fsp3) is 0.500. The highest BCUT2D eigenvalue weighted by Crippen LogP contribution is 2.22. The molecule has 1 heterocycles. The van der Waals surface area contributed by atoms with Crippen LogP contribution in [0.1, 0.15) is 24.8 Å². The van der Waals surface area contributed by atoms with Gasteiger partial charge in [0.15, 0.2) is 0 Å². The molecule has 0 radical (unpaired) electrons. The summed E-state index contributed by atoms with van der Waals surface area (Å²) in [6.07, 6.45) is 2.65. The molecule has 1 fully saturated rings. The summed E-state index contributed by atoms with van der Waals surface area (Å²) in [5, 5.41) is 14.1. The van der Waals surface area contributed by atoms with E-state index in [9.17, 15) is 14.9 Å². The first kappa shape index (κ1) is 15.7. The van der Waals surface area contributed by atoms with Crippen molar-refractivity contribution >= 4 is 23.2 Å². The Morgan fingerprint density at radius 3 is 2.71 bits per heavy atom. The van der Waals surface area contributed by atoms with Gasteiger partial charge in [0, 0.05) is 44.7 Å². The summed E-state index contributed by atoms with van der Waals surface area (Å²) in [6, 6.07) is 4.40. The van der Waals surface area contributed by atoms with Gasteiger partial charge in [-0.1, -0.05) is 11.6 Å². The van der Waals surface area contributed by atoms with Gasteiger partial charge in [0.05, 0.1) is 9.95 Å². The number of rotatable bonds is 6. The van der Waals surface area contributed by atoms with Crippen molar-refractivity contribution in [3.05, 3.63) is 38.9 Å². The number of hydrogen-bond donors (Lipinski definition) is 1. The van der Waals surface area contributed by atoms with Gasteiger partial charge in [-0.05, 0) is 24.5 Å². The molecule has 0 saturated carbocycles. The van der Waals surface area contributed by atoms with E-state index in [0.29, 0.717) is 24.5 Å². The molecule has 0 spiro atoms. The zero-order valence-electron chi connectivity index (χ0n) is 11.7. The van der Waals surface area contributed by atoms with E-state index < -0.39 is 4.92 Å². The Morgan fingerprint density at radius 2 is 2.10 bits per heavy atom. The Hall–Kier alpha value is -1.66. The summed E-state index contributed by atoms with van der Waals surface area (Å²) in [5.74, 6) is 0.176. The molecule has 0 aliphatic carbocycles. The van der Waals surface area contributed by atoms with Crippen LogP contribution in [0.3, 0.4) is 0 Å². The summed E-state index contributed by atoms with van der Waals surface area (Å²) in [6.45, 7) is 2.80. The van der Waals surface area contributed by atoms with Gasteiger partial charge in [-0.15, -0.1) is 0 Å². The molecule has 1 aromatic carbocycles. The smallest absolute Gasteiger partial charge is 0.270 e. The summed E-state index contributed by atoms with van der Waals surface area (Å²) < 4.78 is 0. The molecule has 0 bridgehead atoms. The summed E-state index contributed by atoms with van der Waals surface area (Å²) in [5.41, 5.74) is 0.767. The molecule has 114 valence electrons. The maximum absolute atomic E-state index is 11.8. The van der Waals surface area contributed by atoms with E-state index in [2.05, 4.69) is 5.32 Å². The highest BCUT2D eigenvalue weighted by Gasteiger charge is 2.17. The molecule has 7 heteroatoms. The number of hydrogen-bond acceptors (Lipinski definition) is 4. The molecule has 0 unspecified atom stereocenters. The van der Waals surface area contributed by atoms with Crippen LogP contribution >= 0.6 is 11.6 Å². The molecule has 0 aromatic heterocycles. The first-order valence-corrected chi connectivity index (χ1v) is 7.37.